The second kappa shape index (κ2) is 14.4. The predicted molar refractivity (Wildman–Crippen MR) is 203 cm³/mol. The van der Waals surface area contributed by atoms with Gasteiger partial charge < -0.3 is 59.8 Å². The maximum atomic E-state index is 14.8. The Balaban J connectivity index is 1.23. The lowest BCUT2D eigenvalue weighted by Gasteiger charge is -2.72. The van der Waals surface area contributed by atoms with Gasteiger partial charge in [0.15, 0.2) is 6.29 Å². The van der Waals surface area contributed by atoms with E-state index >= 15 is 0 Å². The van der Waals surface area contributed by atoms with E-state index < -0.39 is 107 Å². The Kier molecular flexibility index (Phi) is 11.0. The van der Waals surface area contributed by atoms with Crippen molar-refractivity contribution in [1.82, 2.24) is 0 Å². The fourth-order valence-electron chi connectivity index (χ4n) is 14.4. The van der Waals surface area contributed by atoms with E-state index in [0.717, 1.165) is 18.4 Å². The van der Waals surface area contributed by atoms with Crippen molar-refractivity contribution in [3.63, 3.8) is 0 Å². The van der Waals surface area contributed by atoms with Crippen LogP contribution >= 0.6 is 0 Å². The summed E-state index contributed by atoms with van der Waals surface area (Å²) in [5.74, 6) is -1.40. The normalized spacial score (nSPS) is 54.6. The highest BCUT2D eigenvalue weighted by atomic mass is 16.7. The van der Waals surface area contributed by atoms with Crippen LogP contribution < -0.4 is 0 Å². The van der Waals surface area contributed by atoms with Crippen molar-refractivity contribution in [2.24, 2.45) is 56.2 Å². The topological polar surface area (TPSA) is 233 Å². The zero-order valence-electron chi connectivity index (χ0n) is 34.8. The number of carboxylic acid groups (broad SMARTS) is 1. The SMILES string of the molecule is CC1CCC2(C(=O)OC3OC(CO)C(O)C(O)C3O)CCC3(C(=O)O)C(=CCC4C5(C)CCC(OC6OC(C)C(O)C(O)C6O)C(C)(C)C5CCC43C)C2(C)C1C. The molecule has 0 bridgehead atoms. The van der Waals surface area contributed by atoms with Gasteiger partial charge in [-0.3, -0.25) is 9.59 Å². The van der Waals surface area contributed by atoms with Crippen molar-refractivity contribution in [3.05, 3.63) is 11.6 Å². The largest absolute Gasteiger partial charge is 0.481 e. The summed E-state index contributed by atoms with van der Waals surface area (Å²) in [6.07, 6.45) is -7.09. The van der Waals surface area contributed by atoms with E-state index in [0.29, 0.717) is 32.1 Å². The quantitative estimate of drug-likeness (QED) is 0.110. The van der Waals surface area contributed by atoms with Gasteiger partial charge in [-0.25, -0.2) is 0 Å². The molecule has 14 heteroatoms. The van der Waals surface area contributed by atoms with Gasteiger partial charge in [0.25, 0.3) is 0 Å². The van der Waals surface area contributed by atoms with Gasteiger partial charge in [0.1, 0.15) is 42.7 Å². The molecule has 7 rings (SSSR count). The number of aliphatic hydroxyl groups excluding tert-OH is 7. The lowest BCUT2D eigenvalue weighted by molar-refractivity contribution is -0.324. The molecule has 324 valence electrons. The number of carbonyl (C=O) groups excluding carboxylic acids is 1. The molecule has 4 saturated carbocycles. The van der Waals surface area contributed by atoms with E-state index in [1.54, 1.807) is 6.92 Å². The Morgan fingerprint density at radius 1 is 0.754 bits per heavy atom. The molecule has 20 atom stereocenters. The van der Waals surface area contributed by atoms with Gasteiger partial charge in [-0.15, -0.1) is 0 Å². The van der Waals surface area contributed by atoms with Crippen molar-refractivity contribution in [3.8, 4) is 0 Å². The Morgan fingerprint density at radius 3 is 2.05 bits per heavy atom. The molecular weight excluding hydrogens is 740 g/mol. The molecule has 57 heavy (non-hydrogen) atoms. The number of allylic oxidation sites excluding steroid dienone is 1. The third-order valence-electron chi connectivity index (χ3n) is 18.2. The molecule has 8 N–H and O–H groups in total. The minimum atomic E-state index is -1.76. The van der Waals surface area contributed by atoms with E-state index in [1.165, 1.54) is 0 Å². The van der Waals surface area contributed by atoms with Gasteiger partial charge in [0.2, 0.25) is 6.29 Å². The van der Waals surface area contributed by atoms with E-state index in [2.05, 4.69) is 47.6 Å². The lowest BCUT2D eigenvalue weighted by atomic mass is 9.30. The van der Waals surface area contributed by atoms with Crippen molar-refractivity contribution in [2.75, 3.05) is 6.61 Å². The molecule has 0 radical (unpaired) electrons. The Labute approximate surface area is 335 Å². The number of carboxylic acids is 1. The summed E-state index contributed by atoms with van der Waals surface area (Å²) in [4.78, 5) is 29.2. The number of aliphatic hydroxyl groups is 7. The molecule has 5 aliphatic carbocycles. The number of hydrogen-bond acceptors (Lipinski definition) is 13. The third-order valence-corrected chi connectivity index (χ3v) is 18.2. The third kappa shape index (κ3) is 5.78. The number of aliphatic carboxylic acids is 1. The summed E-state index contributed by atoms with van der Waals surface area (Å²) >= 11 is 0. The smallest absolute Gasteiger partial charge is 0.315 e. The van der Waals surface area contributed by atoms with Crippen molar-refractivity contribution in [2.45, 2.75) is 181 Å². The summed E-state index contributed by atoms with van der Waals surface area (Å²) in [5, 5.41) is 84.9. The summed E-state index contributed by atoms with van der Waals surface area (Å²) < 4.78 is 24.0. The van der Waals surface area contributed by atoms with Gasteiger partial charge >= 0.3 is 11.9 Å². The minimum absolute atomic E-state index is 0.0224. The van der Waals surface area contributed by atoms with Crippen LogP contribution in [0.4, 0.5) is 0 Å². The molecule has 2 heterocycles. The molecular formula is C43H68O14. The van der Waals surface area contributed by atoms with Crippen molar-refractivity contribution < 1.29 is 69.4 Å². The van der Waals surface area contributed by atoms with Gasteiger partial charge in [-0.05, 0) is 110 Å². The molecule has 20 unspecified atom stereocenters. The van der Waals surface area contributed by atoms with Crippen LogP contribution in [0.15, 0.2) is 11.6 Å². The lowest BCUT2D eigenvalue weighted by Crippen LogP contribution is -2.70. The molecule has 0 aromatic heterocycles. The highest BCUT2D eigenvalue weighted by molar-refractivity contribution is 5.86. The first-order valence-corrected chi connectivity index (χ1v) is 21.3. The Hall–Kier alpha value is -1.72. The summed E-state index contributed by atoms with van der Waals surface area (Å²) in [6.45, 7) is 16.1. The van der Waals surface area contributed by atoms with E-state index in [1.807, 2.05) is 6.92 Å². The fourth-order valence-corrected chi connectivity index (χ4v) is 14.4. The first-order chi connectivity index (χ1) is 26.5. The number of ether oxygens (including phenoxy) is 4. The molecule has 0 aromatic carbocycles. The van der Waals surface area contributed by atoms with Gasteiger partial charge in [0, 0.05) is 5.41 Å². The average Bonchev–Trinajstić information content (AvgIpc) is 3.15. The number of esters is 1. The standard InChI is InChI=1S/C43H68O14/c1-20-11-16-42(37(53)57-35-33(50)31(48)29(46)23(19-44)55-35)17-18-43(36(51)52)26(41(42,8)21(20)2)10-9-25-39(6)14-13-27(38(4,5)24(39)12-15-40(25,43)7)56-34-32(49)30(47)28(45)22(3)54-34/h10,20-25,27-35,44-50H,9,11-19H2,1-8H3,(H,51,52). The fraction of sp³-hybridized carbons (Fsp3) is 0.907. The number of rotatable bonds is 6. The van der Waals surface area contributed by atoms with Crippen LogP contribution in [0.3, 0.4) is 0 Å². The van der Waals surface area contributed by atoms with Crippen molar-refractivity contribution >= 4 is 11.9 Å². The molecule has 2 saturated heterocycles. The van der Waals surface area contributed by atoms with Crippen LogP contribution in [-0.2, 0) is 28.5 Å². The Bertz CT molecular complexity index is 1600. The van der Waals surface area contributed by atoms with Crippen LogP contribution in [0.25, 0.3) is 0 Å². The molecule has 14 nitrogen and oxygen atoms in total. The zero-order valence-corrected chi connectivity index (χ0v) is 34.8. The van der Waals surface area contributed by atoms with E-state index in [-0.39, 0.29) is 48.0 Å². The summed E-state index contributed by atoms with van der Waals surface area (Å²) in [6, 6.07) is 0. The first kappa shape index (κ1) is 43.4. The zero-order chi connectivity index (χ0) is 42.0. The monoisotopic (exact) mass is 808 g/mol. The molecule has 0 amide bonds. The highest BCUT2D eigenvalue weighted by Crippen LogP contribution is 2.79. The maximum absolute atomic E-state index is 14.8. The minimum Gasteiger partial charge on any atom is -0.481 e. The predicted octanol–water partition coefficient (Wildman–Crippen LogP) is 2.65. The molecule has 0 aromatic rings. The average molecular weight is 809 g/mol. The molecule has 6 fully saturated rings. The second-order valence-corrected chi connectivity index (χ2v) is 20.5. The Morgan fingerprint density at radius 2 is 1.40 bits per heavy atom. The van der Waals surface area contributed by atoms with Crippen LogP contribution in [0.5, 0.6) is 0 Å². The molecule has 2 aliphatic heterocycles. The summed E-state index contributed by atoms with van der Waals surface area (Å²) in [5.41, 5.74) is -4.05. The van der Waals surface area contributed by atoms with Crippen molar-refractivity contribution in [1.29, 1.82) is 0 Å². The number of carbonyl (C=O) groups is 2. The van der Waals surface area contributed by atoms with Crippen LogP contribution in [-0.4, -0.2) is 127 Å². The number of hydrogen-bond donors (Lipinski definition) is 8. The van der Waals surface area contributed by atoms with E-state index in [4.69, 9.17) is 18.9 Å². The number of fused-ring (bicyclic) bond motifs is 7. The van der Waals surface area contributed by atoms with Gasteiger partial charge in [-0.1, -0.05) is 54.5 Å². The van der Waals surface area contributed by atoms with Gasteiger partial charge in [-0.2, -0.15) is 0 Å². The van der Waals surface area contributed by atoms with E-state index in [9.17, 15) is 50.4 Å². The first-order valence-electron chi connectivity index (χ1n) is 21.3. The van der Waals surface area contributed by atoms with Crippen LogP contribution in [0, 0.1) is 56.2 Å². The highest BCUT2D eigenvalue weighted by Gasteiger charge is 2.76. The second-order valence-electron chi connectivity index (χ2n) is 20.5. The maximum Gasteiger partial charge on any atom is 0.315 e. The van der Waals surface area contributed by atoms with Crippen LogP contribution in [0.2, 0.25) is 0 Å². The van der Waals surface area contributed by atoms with Gasteiger partial charge in [0.05, 0.1) is 29.6 Å². The molecule has 0 spiro atoms. The molecule has 7 aliphatic rings. The van der Waals surface area contributed by atoms with Crippen LogP contribution in [0.1, 0.15) is 113 Å². The summed E-state index contributed by atoms with van der Waals surface area (Å²) in [7, 11) is 0.